The second-order valence-corrected chi connectivity index (χ2v) is 6.21. The zero-order valence-electron chi connectivity index (χ0n) is 8.37. The molecule has 0 saturated carbocycles. The van der Waals surface area contributed by atoms with Crippen molar-refractivity contribution in [3.8, 4) is 0 Å². The van der Waals surface area contributed by atoms with Gasteiger partial charge in [0.15, 0.2) is 3.92 Å². The van der Waals surface area contributed by atoms with E-state index in [9.17, 15) is 0 Å². The first kappa shape index (κ1) is 10.6. The van der Waals surface area contributed by atoms with Gasteiger partial charge in [-0.1, -0.05) is 6.92 Å². The lowest BCUT2D eigenvalue weighted by Crippen LogP contribution is -2.33. The molecule has 1 aliphatic heterocycles. The van der Waals surface area contributed by atoms with E-state index in [1.54, 1.807) is 11.3 Å². The molecule has 1 aromatic heterocycles. The molecule has 14 heavy (non-hydrogen) atoms. The van der Waals surface area contributed by atoms with Crippen LogP contribution in [0.2, 0.25) is 0 Å². The summed E-state index contributed by atoms with van der Waals surface area (Å²) in [5.74, 6) is 0.853. The van der Waals surface area contributed by atoms with E-state index in [1.807, 2.05) is 0 Å². The van der Waals surface area contributed by atoms with Gasteiger partial charge in [-0.05, 0) is 41.2 Å². The Hall–Kier alpha value is 0.0700. The van der Waals surface area contributed by atoms with Crippen LogP contribution in [0.15, 0.2) is 9.30 Å². The third-order valence-electron chi connectivity index (χ3n) is 2.65. The molecule has 1 aromatic rings. The summed E-state index contributed by atoms with van der Waals surface area (Å²) in [5, 5.41) is 2.14. The van der Waals surface area contributed by atoms with Crippen molar-refractivity contribution in [1.82, 2.24) is 9.88 Å². The van der Waals surface area contributed by atoms with Crippen LogP contribution in [0.3, 0.4) is 0 Å². The average Bonchev–Trinajstić information content (AvgIpc) is 2.51. The van der Waals surface area contributed by atoms with Crippen molar-refractivity contribution in [3.05, 3.63) is 15.0 Å². The summed E-state index contributed by atoms with van der Waals surface area (Å²) >= 11 is 5.07. The van der Waals surface area contributed by atoms with Gasteiger partial charge >= 0.3 is 0 Å². The maximum atomic E-state index is 4.42. The van der Waals surface area contributed by atoms with Crippen LogP contribution in [0, 0.1) is 5.92 Å². The van der Waals surface area contributed by atoms with Gasteiger partial charge in [-0.2, -0.15) is 0 Å². The van der Waals surface area contributed by atoms with Crippen molar-refractivity contribution in [2.45, 2.75) is 26.3 Å². The molecule has 0 bridgehead atoms. The first-order chi connectivity index (χ1) is 6.74. The Morgan fingerprint density at radius 3 is 3.21 bits per heavy atom. The Kier molecular flexibility index (Phi) is 3.57. The third-order valence-corrected chi connectivity index (χ3v) is 4.06. The summed E-state index contributed by atoms with van der Waals surface area (Å²) < 4.78 is 0.998. The predicted molar refractivity (Wildman–Crippen MR) is 63.5 cm³/mol. The fourth-order valence-electron chi connectivity index (χ4n) is 2.01. The summed E-state index contributed by atoms with van der Waals surface area (Å²) in [5.41, 5.74) is 1.20. The molecule has 1 atom stereocenters. The molecule has 0 N–H and O–H groups in total. The highest BCUT2D eigenvalue weighted by atomic mass is 79.9. The number of piperidine rings is 1. The fourth-order valence-corrected chi connectivity index (χ4v) is 3.05. The highest BCUT2D eigenvalue weighted by molar-refractivity contribution is 9.11. The Morgan fingerprint density at radius 2 is 2.57 bits per heavy atom. The predicted octanol–water partition coefficient (Wildman–Crippen LogP) is 3.14. The minimum absolute atomic E-state index is 0.853. The van der Waals surface area contributed by atoms with Crippen LogP contribution in [0.4, 0.5) is 0 Å². The lowest BCUT2D eigenvalue weighted by molar-refractivity contribution is 0.175. The van der Waals surface area contributed by atoms with Gasteiger partial charge in [-0.25, -0.2) is 4.98 Å². The number of likely N-dealkylation sites (tertiary alicyclic amines) is 1. The van der Waals surface area contributed by atoms with Crippen LogP contribution >= 0.6 is 27.3 Å². The van der Waals surface area contributed by atoms with Crippen LogP contribution in [0.1, 0.15) is 25.5 Å². The van der Waals surface area contributed by atoms with E-state index in [4.69, 9.17) is 0 Å². The van der Waals surface area contributed by atoms with E-state index < -0.39 is 0 Å². The lowest BCUT2D eigenvalue weighted by Gasteiger charge is -2.30. The van der Waals surface area contributed by atoms with Gasteiger partial charge in [-0.15, -0.1) is 11.3 Å². The van der Waals surface area contributed by atoms with Crippen molar-refractivity contribution < 1.29 is 0 Å². The third kappa shape index (κ3) is 2.78. The summed E-state index contributed by atoms with van der Waals surface area (Å²) in [6.07, 6.45) is 2.73. The number of halogens is 1. The van der Waals surface area contributed by atoms with Gasteiger partial charge in [0.25, 0.3) is 0 Å². The molecule has 4 heteroatoms. The lowest BCUT2D eigenvalue weighted by atomic mass is 10.0. The normalized spacial score (nSPS) is 24.0. The second kappa shape index (κ2) is 4.73. The van der Waals surface area contributed by atoms with Crippen LogP contribution in [-0.4, -0.2) is 23.0 Å². The van der Waals surface area contributed by atoms with Gasteiger partial charge in [0, 0.05) is 18.5 Å². The molecule has 0 radical (unpaired) electrons. The minimum Gasteiger partial charge on any atom is -0.297 e. The van der Waals surface area contributed by atoms with Gasteiger partial charge in [0.05, 0.1) is 5.69 Å². The van der Waals surface area contributed by atoms with E-state index in [0.717, 1.165) is 16.4 Å². The Balaban J connectivity index is 1.90. The van der Waals surface area contributed by atoms with Gasteiger partial charge in [-0.3, -0.25) is 4.90 Å². The molecule has 78 valence electrons. The van der Waals surface area contributed by atoms with Crippen molar-refractivity contribution in [2.75, 3.05) is 13.1 Å². The largest absolute Gasteiger partial charge is 0.297 e. The topological polar surface area (TPSA) is 16.1 Å². The molecule has 2 nitrogen and oxygen atoms in total. The molecule has 0 amide bonds. The van der Waals surface area contributed by atoms with Crippen LogP contribution in [0.5, 0.6) is 0 Å². The summed E-state index contributed by atoms with van der Waals surface area (Å²) in [4.78, 5) is 6.93. The summed E-state index contributed by atoms with van der Waals surface area (Å²) in [6.45, 7) is 5.82. The van der Waals surface area contributed by atoms with E-state index >= 15 is 0 Å². The quantitative estimate of drug-likeness (QED) is 0.824. The van der Waals surface area contributed by atoms with Crippen LogP contribution in [-0.2, 0) is 6.54 Å². The molecule has 0 aromatic carbocycles. The summed E-state index contributed by atoms with van der Waals surface area (Å²) in [7, 11) is 0. The summed E-state index contributed by atoms with van der Waals surface area (Å²) in [6, 6.07) is 0. The number of hydrogen-bond acceptors (Lipinski definition) is 3. The minimum atomic E-state index is 0.853. The van der Waals surface area contributed by atoms with Crippen LogP contribution in [0.25, 0.3) is 0 Å². The molecule has 1 fully saturated rings. The maximum Gasteiger partial charge on any atom is 0.159 e. The second-order valence-electron chi connectivity index (χ2n) is 4.07. The van der Waals surface area contributed by atoms with Crippen molar-refractivity contribution in [1.29, 1.82) is 0 Å². The molecular formula is C10H15BrN2S. The molecule has 2 rings (SSSR count). The first-order valence-electron chi connectivity index (χ1n) is 5.06. The first-order valence-corrected chi connectivity index (χ1v) is 6.73. The fraction of sp³-hybridized carbons (Fsp3) is 0.700. The average molecular weight is 275 g/mol. The highest BCUT2D eigenvalue weighted by Gasteiger charge is 2.16. The zero-order chi connectivity index (χ0) is 9.97. The number of aromatic nitrogens is 1. The van der Waals surface area contributed by atoms with E-state index in [2.05, 4.69) is 38.1 Å². The van der Waals surface area contributed by atoms with Crippen molar-refractivity contribution in [3.63, 3.8) is 0 Å². The SMILES string of the molecule is CC1CCCN(Cc2csc(Br)n2)C1. The Morgan fingerprint density at radius 1 is 1.71 bits per heavy atom. The molecule has 0 spiro atoms. The van der Waals surface area contributed by atoms with E-state index in [-0.39, 0.29) is 0 Å². The van der Waals surface area contributed by atoms with E-state index in [1.165, 1.54) is 31.6 Å². The molecule has 1 unspecified atom stereocenters. The molecule has 2 heterocycles. The highest BCUT2D eigenvalue weighted by Crippen LogP contribution is 2.20. The standard InChI is InChI=1S/C10H15BrN2S/c1-8-3-2-4-13(5-8)6-9-7-14-10(11)12-9/h7-8H,2-6H2,1H3. The number of hydrogen-bond donors (Lipinski definition) is 0. The number of rotatable bonds is 2. The smallest absolute Gasteiger partial charge is 0.159 e. The number of nitrogens with zero attached hydrogens (tertiary/aromatic N) is 2. The Bertz CT molecular complexity index is 300. The maximum absolute atomic E-state index is 4.42. The van der Waals surface area contributed by atoms with Crippen molar-refractivity contribution in [2.24, 2.45) is 5.92 Å². The van der Waals surface area contributed by atoms with Gasteiger partial charge in [0.2, 0.25) is 0 Å². The molecule has 1 saturated heterocycles. The van der Waals surface area contributed by atoms with Gasteiger partial charge < -0.3 is 0 Å². The van der Waals surface area contributed by atoms with Gasteiger partial charge in [0.1, 0.15) is 0 Å². The van der Waals surface area contributed by atoms with Crippen molar-refractivity contribution >= 4 is 27.3 Å². The molecular weight excluding hydrogens is 260 g/mol. The number of thiazole rings is 1. The molecule has 0 aliphatic carbocycles. The van der Waals surface area contributed by atoms with Crippen LogP contribution < -0.4 is 0 Å². The van der Waals surface area contributed by atoms with E-state index in [0.29, 0.717) is 0 Å². The Labute approximate surface area is 97.5 Å². The monoisotopic (exact) mass is 274 g/mol. The molecule has 1 aliphatic rings. The zero-order valence-corrected chi connectivity index (χ0v) is 10.8.